The van der Waals surface area contributed by atoms with E-state index in [1.54, 1.807) is 0 Å². The number of hydrogen-bond acceptors (Lipinski definition) is 3. The van der Waals surface area contributed by atoms with E-state index in [9.17, 15) is 9.59 Å². The second-order valence-electron chi connectivity index (χ2n) is 4.34. The third kappa shape index (κ3) is 3.90. The van der Waals surface area contributed by atoms with E-state index in [0.29, 0.717) is 5.92 Å². The number of rotatable bonds is 2. The first kappa shape index (κ1) is 12.0. The molecule has 0 bridgehead atoms. The Balaban J connectivity index is 2.40. The van der Waals surface area contributed by atoms with Crippen LogP contribution >= 0.6 is 0 Å². The summed E-state index contributed by atoms with van der Waals surface area (Å²) in [7, 11) is 0. The van der Waals surface area contributed by atoms with Crippen molar-refractivity contribution in [3.63, 3.8) is 0 Å². The second-order valence-corrected chi connectivity index (χ2v) is 4.34. The maximum Gasteiger partial charge on any atom is 0.302 e. The predicted molar refractivity (Wildman–Crippen MR) is 56.2 cm³/mol. The molecule has 15 heavy (non-hydrogen) atoms. The van der Waals surface area contributed by atoms with E-state index in [1.807, 2.05) is 0 Å². The van der Waals surface area contributed by atoms with Crippen molar-refractivity contribution >= 4 is 11.9 Å². The minimum atomic E-state index is -0.218. The van der Waals surface area contributed by atoms with Gasteiger partial charge in [-0.05, 0) is 25.2 Å². The molecular weight excluding hydrogens is 194 g/mol. The Morgan fingerprint density at radius 2 is 1.93 bits per heavy atom. The van der Waals surface area contributed by atoms with E-state index in [0.717, 1.165) is 19.3 Å². The van der Waals surface area contributed by atoms with Crippen LogP contribution in [0.25, 0.3) is 0 Å². The Morgan fingerprint density at radius 1 is 1.27 bits per heavy atom. The van der Waals surface area contributed by atoms with Crippen molar-refractivity contribution in [3.05, 3.63) is 0 Å². The molecule has 1 aliphatic rings. The Bertz CT molecular complexity index is 252. The zero-order valence-electron chi connectivity index (χ0n) is 9.58. The standard InChI is InChI=1S/C11H19NO3/c1-7-6-10(12-8(2)13)4-5-11(7)15-9(3)14/h7,10-11H,4-6H2,1-3H3,(H,12,13)/t7-,10+,11?/m1/s1. The van der Waals surface area contributed by atoms with Crippen LogP contribution < -0.4 is 5.32 Å². The zero-order valence-corrected chi connectivity index (χ0v) is 9.58. The van der Waals surface area contributed by atoms with Crippen LogP contribution in [0.1, 0.15) is 40.0 Å². The molecule has 0 aliphatic heterocycles. The Labute approximate surface area is 90.4 Å². The number of carbonyl (C=O) groups is 2. The molecule has 1 fully saturated rings. The molecule has 1 saturated carbocycles. The molecule has 1 amide bonds. The number of esters is 1. The lowest BCUT2D eigenvalue weighted by atomic mass is 9.84. The molecule has 4 heteroatoms. The van der Waals surface area contributed by atoms with Gasteiger partial charge < -0.3 is 10.1 Å². The lowest BCUT2D eigenvalue weighted by Crippen LogP contribution is -2.42. The van der Waals surface area contributed by atoms with Gasteiger partial charge in [0.05, 0.1) is 0 Å². The molecule has 0 heterocycles. The molecule has 1 unspecified atom stereocenters. The molecule has 0 spiro atoms. The van der Waals surface area contributed by atoms with E-state index in [4.69, 9.17) is 4.74 Å². The fourth-order valence-electron chi connectivity index (χ4n) is 2.18. The molecule has 0 aromatic carbocycles. The van der Waals surface area contributed by atoms with Crippen molar-refractivity contribution in [3.8, 4) is 0 Å². The van der Waals surface area contributed by atoms with Gasteiger partial charge >= 0.3 is 5.97 Å². The fourth-order valence-corrected chi connectivity index (χ4v) is 2.18. The summed E-state index contributed by atoms with van der Waals surface area (Å²) >= 11 is 0. The molecule has 0 aromatic rings. The first-order valence-corrected chi connectivity index (χ1v) is 5.43. The molecular formula is C11H19NO3. The lowest BCUT2D eigenvalue weighted by Gasteiger charge is -2.33. The molecule has 86 valence electrons. The summed E-state index contributed by atoms with van der Waals surface area (Å²) in [5.74, 6) is 0.113. The van der Waals surface area contributed by atoms with Gasteiger partial charge in [-0.2, -0.15) is 0 Å². The second kappa shape index (κ2) is 5.14. The first-order valence-electron chi connectivity index (χ1n) is 5.43. The summed E-state index contributed by atoms with van der Waals surface area (Å²) in [5.41, 5.74) is 0. The van der Waals surface area contributed by atoms with Gasteiger partial charge in [-0.15, -0.1) is 0 Å². The van der Waals surface area contributed by atoms with E-state index < -0.39 is 0 Å². The highest BCUT2D eigenvalue weighted by atomic mass is 16.5. The van der Waals surface area contributed by atoms with Gasteiger partial charge in [-0.3, -0.25) is 9.59 Å². The van der Waals surface area contributed by atoms with Crippen molar-refractivity contribution in [2.24, 2.45) is 5.92 Å². The highest BCUT2D eigenvalue weighted by Crippen LogP contribution is 2.26. The fraction of sp³-hybridized carbons (Fsp3) is 0.818. The molecule has 0 radical (unpaired) electrons. The zero-order chi connectivity index (χ0) is 11.4. The van der Waals surface area contributed by atoms with Crippen LogP contribution in [0.3, 0.4) is 0 Å². The van der Waals surface area contributed by atoms with Crippen LogP contribution in [0.15, 0.2) is 0 Å². The largest absolute Gasteiger partial charge is 0.462 e. The van der Waals surface area contributed by atoms with Crippen molar-refractivity contribution < 1.29 is 14.3 Å². The average molecular weight is 213 g/mol. The molecule has 3 atom stereocenters. The molecule has 0 saturated heterocycles. The molecule has 1 N–H and O–H groups in total. The van der Waals surface area contributed by atoms with Gasteiger partial charge in [0, 0.05) is 19.9 Å². The van der Waals surface area contributed by atoms with Gasteiger partial charge in [-0.25, -0.2) is 0 Å². The first-order chi connectivity index (χ1) is 6.99. The van der Waals surface area contributed by atoms with Crippen molar-refractivity contribution in [1.29, 1.82) is 0 Å². The number of ether oxygens (including phenoxy) is 1. The van der Waals surface area contributed by atoms with Gasteiger partial charge in [0.1, 0.15) is 6.10 Å². The van der Waals surface area contributed by atoms with E-state index in [-0.39, 0.29) is 24.0 Å². The molecule has 1 rings (SSSR count). The van der Waals surface area contributed by atoms with Gasteiger partial charge in [0.25, 0.3) is 0 Å². The van der Waals surface area contributed by atoms with Gasteiger partial charge in [0.15, 0.2) is 0 Å². The van der Waals surface area contributed by atoms with E-state index in [1.165, 1.54) is 13.8 Å². The summed E-state index contributed by atoms with van der Waals surface area (Å²) in [6, 6.07) is 0.240. The number of nitrogens with one attached hydrogen (secondary N) is 1. The SMILES string of the molecule is CC(=O)N[C@H]1CCC(OC(C)=O)[C@H](C)C1. The Kier molecular flexibility index (Phi) is 4.12. The van der Waals surface area contributed by atoms with Crippen LogP contribution in [0, 0.1) is 5.92 Å². The Morgan fingerprint density at radius 3 is 2.40 bits per heavy atom. The number of carbonyl (C=O) groups excluding carboxylic acids is 2. The van der Waals surface area contributed by atoms with Crippen LogP contribution in [-0.2, 0) is 14.3 Å². The summed E-state index contributed by atoms with van der Waals surface area (Å²) in [6.45, 7) is 5.02. The topological polar surface area (TPSA) is 55.4 Å². The quantitative estimate of drug-likeness (QED) is 0.702. The highest BCUT2D eigenvalue weighted by molar-refractivity contribution is 5.73. The minimum absolute atomic E-state index is 0.0122. The molecule has 0 aromatic heterocycles. The minimum Gasteiger partial charge on any atom is -0.462 e. The van der Waals surface area contributed by atoms with Crippen LogP contribution in [0.2, 0.25) is 0 Å². The number of amides is 1. The van der Waals surface area contributed by atoms with Crippen LogP contribution in [0.5, 0.6) is 0 Å². The Hall–Kier alpha value is -1.06. The highest BCUT2D eigenvalue weighted by Gasteiger charge is 2.29. The monoisotopic (exact) mass is 213 g/mol. The van der Waals surface area contributed by atoms with Gasteiger partial charge in [0.2, 0.25) is 5.91 Å². The van der Waals surface area contributed by atoms with Crippen molar-refractivity contribution in [2.75, 3.05) is 0 Å². The molecule has 1 aliphatic carbocycles. The summed E-state index contributed by atoms with van der Waals surface area (Å²) in [5, 5.41) is 2.91. The summed E-state index contributed by atoms with van der Waals surface area (Å²) < 4.78 is 5.21. The molecule has 4 nitrogen and oxygen atoms in total. The van der Waals surface area contributed by atoms with Crippen molar-refractivity contribution in [2.45, 2.75) is 52.2 Å². The maximum atomic E-state index is 10.9. The van der Waals surface area contributed by atoms with Crippen molar-refractivity contribution in [1.82, 2.24) is 5.32 Å². The lowest BCUT2D eigenvalue weighted by molar-refractivity contribution is -0.151. The van der Waals surface area contributed by atoms with E-state index in [2.05, 4.69) is 12.2 Å². The summed E-state index contributed by atoms with van der Waals surface area (Å²) in [6.07, 6.45) is 2.64. The van der Waals surface area contributed by atoms with Crippen LogP contribution in [-0.4, -0.2) is 24.0 Å². The summed E-state index contributed by atoms with van der Waals surface area (Å²) in [4.78, 5) is 21.7. The maximum absolute atomic E-state index is 10.9. The number of hydrogen-bond donors (Lipinski definition) is 1. The van der Waals surface area contributed by atoms with Crippen LogP contribution in [0.4, 0.5) is 0 Å². The smallest absolute Gasteiger partial charge is 0.302 e. The van der Waals surface area contributed by atoms with E-state index >= 15 is 0 Å². The predicted octanol–water partition coefficient (Wildman–Crippen LogP) is 1.24. The third-order valence-electron chi connectivity index (χ3n) is 2.82. The normalized spacial score (nSPS) is 30.7. The average Bonchev–Trinajstić information content (AvgIpc) is 2.08. The third-order valence-corrected chi connectivity index (χ3v) is 2.82. The van der Waals surface area contributed by atoms with Gasteiger partial charge in [-0.1, -0.05) is 6.92 Å².